The molecule has 0 radical (unpaired) electrons. The van der Waals surface area contributed by atoms with Gasteiger partial charge in [-0.05, 0) is 6.92 Å². The standard InChI is InChI=1S/C9H16O7/c1-5(12)4-16-7(3-11)9(15)8(14)6(13)2-10/h3,6-10,13-15H,2,4H2,1H3/t6-,7+,8+,9-/m1/s1. The molecule has 0 aliphatic heterocycles. The van der Waals surface area contributed by atoms with Gasteiger partial charge < -0.3 is 30.0 Å². The van der Waals surface area contributed by atoms with Gasteiger partial charge in [0, 0.05) is 0 Å². The number of hydrogen-bond acceptors (Lipinski definition) is 7. The summed E-state index contributed by atoms with van der Waals surface area (Å²) in [6.07, 6.45) is -6.24. The number of aldehydes is 1. The molecule has 16 heavy (non-hydrogen) atoms. The number of hydrogen-bond donors (Lipinski definition) is 4. The fourth-order valence-electron chi connectivity index (χ4n) is 0.962. The summed E-state index contributed by atoms with van der Waals surface area (Å²) >= 11 is 0. The third kappa shape index (κ3) is 4.77. The van der Waals surface area contributed by atoms with Gasteiger partial charge in [-0.2, -0.15) is 0 Å². The second-order valence-electron chi connectivity index (χ2n) is 3.34. The maximum atomic E-state index is 10.6. The first kappa shape index (κ1) is 15.1. The molecule has 94 valence electrons. The van der Waals surface area contributed by atoms with Crippen LogP contribution in [0.4, 0.5) is 0 Å². The summed E-state index contributed by atoms with van der Waals surface area (Å²) in [7, 11) is 0. The van der Waals surface area contributed by atoms with E-state index in [1.54, 1.807) is 0 Å². The van der Waals surface area contributed by atoms with Crippen molar-refractivity contribution in [1.29, 1.82) is 0 Å². The zero-order valence-corrected chi connectivity index (χ0v) is 8.81. The van der Waals surface area contributed by atoms with Crippen molar-refractivity contribution < 1.29 is 34.8 Å². The highest BCUT2D eigenvalue weighted by Gasteiger charge is 2.31. The Balaban J connectivity index is 4.33. The summed E-state index contributed by atoms with van der Waals surface area (Å²) in [5.41, 5.74) is 0. The van der Waals surface area contributed by atoms with Crippen LogP contribution in [0.15, 0.2) is 0 Å². The van der Waals surface area contributed by atoms with Crippen LogP contribution in [0.1, 0.15) is 6.92 Å². The lowest BCUT2D eigenvalue weighted by atomic mass is 10.0. The molecule has 0 spiro atoms. The molecule has 0 amide bonds. The zero-order chi connectivity index (χ0) is 12.7. The molecule has 0 aliphatic rings. The zero-order valence-electron chi connectivity index (χ0n) is 8.81. The Hall–Kier alpha value is -0.860. The van der Waals surface area contributed by atoms with Gasteiger partial charge in [0.1, 0.15) is 31.0 Å². The van der Waals surface area contributed by atoms with Crippen molar-refractivity contribution in [3.63, 3.8) is 0 Å². The Morgan fingerprint density at radius 3 is 2.25 bits per heavy atom. The molecule has 0 unspecified atom stereocenters. The second-order valence-corrected chi connectivity index (χ2v) is 3.34. The molecule has 0 aromatic rings. The third-order valence-electron chi connectivity index (χ3n) is 1.88. The molecule has 0 aromatic carbocycles. The summed E-state index contributed by atoms with van der Waals surface area (Å²) in [6.45, 7) is 0.0756. The van der Waals surface area contributed by atoms with E-state index >= 15 is 0 Å². The van der Waals surface area contributed by atoms with E-state index in [0.717, 1.165) is 0 Å². The van der Waals surface area contributed by atoms with Gasteiger partial charge in [0.2, 0.25) is 0 Å². The molecule has 0 aliphatic carbocycles. The monoisotopic (exact) mass is 236 g/mol. The number of carbonyl (C=O) groups is 2. The number of aliphatic hydroxyl groups is 4. The highest BCUT2D eigenvalue weighted by atomic mass is 16.5. The average Bonchev–Trinajstić information content (AvgIpc) is 2.27. The fourth-order valence-corrected chi connectivity index (χ4v) is 0.962. The lowest BCUT2D eigenvalue weighted by Crippen LogP contribution is -2.47. The molecule has 0 rings (SSSR count). The van der Waals surface area contributed by atoms with Gasteiger partial charge in [-0.1, -0.05) is 0 Å². The summed E-state index contributed by atoms with van der Waals surface area (Å²) in [4.78, 5) is 21.1. The van der Waals surface area contributed by atoms with Gasteiger partial charge in [-0.15, -0.1) is 0 Å². The SMILES string of the molecule is CC(=O)CO[C@@H](C=O)[C@@H](O)[C@@H](O)[C@H](O)CO. The normalized spacial score (nSPS) is 18.6. The molecule has 7 nitrogen and oxygen atoms in total. The van der Waals surface area contributed by atoms with Crippen LogP contribution < -0.4 is 0 Å². The summed E-state index contributed by atoms with van der Waals surface area (Å²) in [5, 5.41) is 36.2. The smallest absolute Gasteiger partial charge is 0.155 e. The van der Waals surface area contributed by atoms with E-state index in [4.69, 9.17) is 14.9 Å². The molecule has 0 saturated carbocycles. The van der Waals surface area contributed by atoms with Crippen LogP contribution in [0.3, 0.4) is 0 Å². The highest BCUT2D eigenvalue weighted by Crippen LogP contribution is 2.06. The quantitative estimate of drug-likeness (QED) is 0.336. The number of rotatable bonds is 8. The minimum atomic E-state index is -1.73. The van der Waals surface area contributed by atoms with Gasteiger partial charge in [0.25, 0.3) is 0 Å². The Morgan fingerprint density at radius 1 is 1.31 bits per heavy atom. The Bertz CT molecular complexity index is 230. The summed E-state index contributed by atoms with van der Waals surface area (Å²) in [5.74, 6) is -0.351. The average molecular weight is 236 g/mol. The van der Waals surface area contributed by atoms with Crippen molar-refractivity contribution in [3.05, 3.63) is 0 Å². The van der Waals surface area contributed by atoms with E-state index < -0.39 is 31.0 Å². The fraction of sp³-hybridized carbons (Fsp3) is 0.778. The summed E-state index contributed by atoms with van der Waals surface area (Å²) < 4.78 is 4.71. The minimum Gasteiger partial charge on any atom is -0.394 e. The maximum Gasteiger partial charge on any atom is 0.155 e. The Labute approximate surface area is 92.3 Å². The van der Waals surface area contributed by atoms with Crippen molar-refractivity contribution in [2.24, 2.45) is 0 Å². The first-order valence-electron chi connectivity index (χ1n) is 4.65. The third-order valence-corrected chi connectivity index (χ3v) is 1.88. The van der Waals surface area contributed by atoms with Gasteiger partial charge in [0.15, 0.2) is 12.1 Å². The highest BCUT2D eigenvalue weighted by molar-refractivity contribution is 5.77. The Kier molecular flexibility index (Phi) is 7.02. The predicted molar refractivity (Wildman–Crippen MR) is 51.6 cm³/mol. The van der Waals surface area contributed by atoms with Gasteiger partial charge in [-0.3, -0.25) is 4.79 Å². The molecule has 0 heterocycles. The minimum absolute atomic E-state index is 0.209. The predicted octanol–water partition coefficient (Wildman–Crippen LogP) is -2.77. The van der Waals surface area contributed by atoms with Crippen LogP contribution in [-0.4, -0.2) is 70.1 Å². The molecule has 0 fully saturated rings. The first-order chi connectivity index (χ1) is 7.43. The van der Waals surface area contributed by atoms with Gasteiger partial charge in [-0.25, -0.2) is 0 Å². The number of ether oxygens (including phenoxy) is 1. The lowest BCUT2D eigenvalue weighted by molar-refractivity contribution is -0.149. The van der Waals surface area contributed by atoms with E-state index in [1.807, 2.05) is 0 Å². The molecule has 4 atom stereocenters. The van der Waals surface area contributed by atoms with E-state index in [1.165, 1.54) is 6.92 Å². The lowest BCUT2D eigenvalue weighted by Gasteiger charge is -2.25. The van der Waals surface area contributed by atoms with Crippen LogP contribution in [-0.2, 0) is 14.3 Å². The van der Waals surface area contributed by atoms with Crippen molar-refractivity contribution in [3.8, 4) is 0 Å². The van der Waals surface area contributed by atoms with Crippen molar-refractivity contribution in [2.45, 2.75) is 31.3 Å². The van der Waals surface area contributed by atoms with Crippen LogP contribution in [0.5, 0.6) is 0 Å². The van der Waals surface area contributed by atoms with Gasteiger partial charge >= 0.3 is 0 Å². The van der Waals surface area contributed by atoms with Gasteiger partial charge in [0.05, 0.1) is 6.61 Å². The molecular weight excluding hydrogens is 220 g/mol. The molecule has 0 aromatic heterocycles. The second kappa shape index (κ2) is 7.42. The number of aliphatic hydroxyl groups excluding tert-OH is 4. The number of ketones is 1. The van der Waals surface area contributed by atoms with Crippen LogP contribution in [0.2, 0.25) is 0 Å². The summed E-state index contributed by atoms with van der Waals surface area (Å²) in [6, 6.07) is 0. The van der Waals surface area contributed by atoms with E-state index in [0.29, 0.717) is 0 Å². The largest absolute Gasteiger partial charge is 0.394 e. The van der Waals surface area contributed by atoms with E-state index in [2.05, 4.69) is 0 Å². The van der Waals surface area contributed by atoms with Crippen molar-refractivity contribution in [1.82, 2.24) is 0 Å². The van der Waals surface area contributed by atoms with E-state index in [-0.39, 0.29) is 18.7 Å². The van der Waals surface area contributed by atoms with Crippen LogP contribution in [0.25, 0.3) is 0 Å². The van der Waals surface area contributed by atoms with Crippen molar-refractivity contribution >= 4 is 12.1 Å². The van der Waals surface area contributed by atoms with Crippen molar-refractivity contribution in [2.75, 3.05) is 13.2 Å². The topological polar surface area (TPSA) is 124 Å². The first-order valence-corrected chi connectivity index (χ1v) is 4.65. The van der Waals surface area contributed by atoms with Crippen LogP contribution in [0, 0.1) is 0 Å². The molecule has 0 saturated heterocycles. The molecule has 4 N–H and O–H groups in total. The maximum absolute atomic E-state index is 10.6. The van der Waals surface area contributed by atoms with E-state index in [9.17, 15) is 19.8 Å². The number of Topliss-reactive ketones (excluding diaryl/α,β-unsaturated/α-hetero) is 1. The Morgan fingerprint density at radius 2 is 1.88 bits per heavy atom. The van der Waals surface area contributed by atoms with Crippen LogP contribution >= 0.6 is 0 Å². The number of carbonyl (C=O) groups excluding carboxylic acids is 2. The molecular formula is C9H16O7. The molecule has 7 heteroatoms. The molecule has 0 bridgehead atoms.